The summed E-state index contributed by atoms with van der Waals surface area (Å²) in [5.74, 6) is 0.182. The van der Waals surface area contributed by atoms with Gasteiger partial charge in [0.2, 0.25) is 5.91 Å². The Labute approximate surface area is 316 Å². The van der Waals surface area contributed by atoms with Crippen LogP contribution in [0.1, 0.15) is 86.8 Å². The van der Waals surface area contributed by atoms with Crippen LogP contribution in [0.3, 0.4) is 0 Å². The van der Waals surface area contributed by atoms with Crippen molar-refractivity contribution in [1.82, 2.24) is 14.4 Å². The highest BCUT2D eigenvalue weighted by atomic mass is 16.3. The molecule has 4 aliphatic rings. The first-order valence-corrected chi connectivity index (χ1v) is 19.4. The normalized spacial score (nSPS) is 18.3. The van der Waals surface area contributed by atoms with Crippen molar-refractivity contribution in [3.05, 3.63) is 142 Å². The molecule has 8 heteroatoms. The number of aromatic hydroxyl groups is 1. The van der Waals surface area contributed by atoms with Gasteiger partial charge >= 0.3 is 0 Å². The summed E-state index contributed by atoms with van der Waals surface area (Å²) in [5.41, 5.74) is 9.94. The first-order chi connectivity index (χ1) is 26.2. The van der Waals surface area contributed by atoms with Crippen LogP contribution < -0.4 is 4.90 Å². The van der Waals surface area contributed by atoms with Crippen LogP contribution >= 0.6 is 0 Å². The monoisotopic (exact) mass is 718 g/mol. The molecule has 1 aromatic heterocycles. The van der Waals surface area contributed by atoms with E-state index in [-0.39, 0.29) is 29.5 Å². The summed E-state index contributed by atoms with van der Waals surface area (Å²) in [6.45, 7) is 4.52. The van der Waals surface area contributed by atoms with Crippen LogP contribution in [-0.4, -0.2) is 56.8 Å². The van der Waals surface area contributed by atoms with Crippen LogP contribution in [0, 0.1) is 0 Å². The van der Waals surface area contributed by atoms with Gasteiger partial charge in [-0.2, -0.15) is 0 Å². The lowest BCUT2D eigenvalue weighted by Gasteiger charge is -2.36. The van der Waals surface area contributed by atoms with Gasteiger partial charge in [0.05, 0.1) is 11.0 Å². The summed E-state index contributed by atoms with van der Waals surface area (Å²) in [6, 6.07) is 31.5. The molecule has 4 aromatic carbocycles. The van der Waals surface area contributed by atoms with Crippen LogP contribution in [0.2, 0.25) is 0 Å². The molecule has 0 spiro atoms. The zero-order chi connectivity index (χ0) is 37.1. The van der Waals surface area contributed by atoms with Gasteiger partial charge in [-0.1, -0.05) is 54.6 Å². The van der Waals surface area contributed by atoms with Gasteiger partial charge in [0.25, 0.3) is 11.8 Å². The Morgan fingerprint density at radius 2 is 1.50 bits per heavy atom. The number of hydrogen-bond acceptors (Lipinski definition) is 4. The van der Waals surface area contributed by atoms with Crippen molar-refractivity contribution >= 4 is 23.4 Å². The number of phenolic OH excluding ortho intramolecular Hbond substituents is 1. The van der Waals surface area contributed by atoms with Gasteiger partial charge < -0.3 is 24.4 Å². The number of hydrogen-bond donors (Lipinski definition) is 1. The quantitative estimate of drug-likeness (QED) is 0.195. The van der Waals surface area contributed by atoms with E-state index < -0.39 is 5.41 Å². The number of benzene rings is 4. The molecule has 1 atom stereocenters. The molecule has 5 aromatic rings. The van der Waals surface area contributed by atoms with Gasteiger partial charge in [-0.3, -0.25) is 14.4 Å². The molecule has 3 amide bonds. The predicted molar refractivity (Wildman–Crippen MR) is 210 cm³/mol. The third kappa shape index (κ3) is 5.79. The van der Waals surface area contributed by atoms with Crippen molar-refractivity contribution in [2.24, 2.45) is 0 Å². The summed E-state index contributed by atoms with van der Waals surface area (Å²) in [5, 5.41) is 9.87. The predicted octanol–water partition coefficient (Wildman–Crippen LogP) is 7.68. The molecule has 1 saturated carbocycles. The van der Waals surface area contributed by atoms with E-state index in [1.165, 1.54) is 11.1 Å². The minimum absolute atomic E-state index is 0.00674. The van der Waals surface area contributed by atoms with Gasteiger partial charge in [-0.25, -0.2) is 0 Å². The van der Waals surface area contributed by atoms with E-state index in [1.54, 1.807) is 36.2 Å². The molecular weight excluding hydrogens is 673 g/mol. The third-order valence-corrected chi connectivity index (χ3v) is 12.4. The maximum absolute atomic E-state index is 15.0. The number of carbonyl (C=O) groups is 3. The summed E-state index contributed by atoms with van der Waals surface area (Å²) in [4.78, 5) is 49.1. The fourth-order valence-electron chi connectivity index (χ4n) is 9.15. The molecular formula is C46H46N4O4. The zero-order valence-corrected chi connectivity index (χ0v) is 31.1. The Morgan fingerprint density at radius 3 is 2.26 bits per heavy atom. The van der Waals surface area contributed by atoms with E-state index in [1.807, 2.05) is 40.1 Å². The molecule has 274 valence electrons. The smallest absolute Gasteiger partial charge is 0.259 e. The molecule has 9 rings (SSSR count). The Balaban J connectivity index is 1.13. The molecule has 0 bridgehead atoms. The maximum atomic E-state index is 15.0. The lowest BCUT2D eigenvalue weighted by Crippen LogP contribution is -2.43. The first-order valence-electron chi connectivity index (χ1n) is 19.4. The molecule has 8 nitrogen and oxygen atoms in total. The molecule has 3 aliphatic heterocycles. The first kappa shape index (κ1) is 34.2. The topological polar surface area (TPSA) is 86.1 Å². The Hall–Kier alpha value is -5.63. The molecule has 1 aliphatic carbocycles. The van der Waals surface area contributed by atoms with Crippen molar-refractivity contribution in [2.75, 3.05) is 18.5 Å². The Bertz CT molecular complexity index is 2290. The molecule has 0 saturated heterocycles. The van der Waals surface area contributed by atoms with Gasteiger partial charge in [0, 0.05) is 67.5 Å². The lowest BCUT2D eigenvalue weighted by atomic mass is 9.88. The van der Waals surface area contributed by atoms with Crippen molar-refractivity contribution in [3.8, 4) is 17.0 Å². The summed E-state index contributed by atoms with van der Waals surface area (Å²) < 4.78 is 2.27. The number of anilines is 1. The van der Waals surface area contributed by atoms with Gasteiger partial charge in [-0.05, 0) is 122 Å². The minimum Gasteiger partial charge on any atom is -0.508 e. The van der Waals surface area contributed by atoms with Crippen molar-refractivity contribution in [2.45, 2.75) is 83.0 Å². The standard InChI is InChI=1S/C46H46N4O4/c1-30-24-31-10-6-7-11-33(31)29-50(30)44(53)39-26-34-28-48(45(54)46(20-21-46)35-12-4-3-5-13-35)23-19-32(34)25-38(39)42-27-40(41-14-8-9-22-49(41)42)43(52)47(2)36-15-17-37(51)18-16-36/h3-7,10-13,15-18,25-27,30,51H,8-9,14,19-24,28-29H2,1-2H3/t30-/m1/s1. The molecule has 1 N–H and O–H groups in total. The van der Waals surface area contributed by atoms with Gasteiger partial charge in [-0.15, -0.1) is 0 Å². The average molecular weight is 719 g/mol. The molecule has 0 radical (unpaired) electrons. The number of nitrogens with zero attached hydrogens (tertiary/aromatic N) is 4. The molecule has 1 fully saturated rings. The number of phenols is 1. The molecule has 54 heavy (non-hydrogen) atoms. The number of fused-ring (bicyclic) bond motifs is 3. The van der Waals surface area contributed by atoms with E-state index in [4.69, 9.17) is 0 Å². The Morgan fingerprint density at radius 1 is 0.759 bits per heavy atom. The van der Waals surface area contributed by atoms with Crippen molar-refractivity contribution in [1.29, 1.82) is 0 Å². The van der Waals surface area contributed by atoms with Crippen LogP contribution in [0.4, 0.5) is 5.69 Å². The second-order valence-corrected chi connectivity index (χ2v) is 15.7. The van der Waals surface area contributed by atoms with Crippen LogP contribution in [0.25, 0.3) is 11.3 Å². The van der Waals surface area contributed by atoms with E-state index in [0.29, 0.717) is 42.9 Å². The molecule has 0 unspecified atom stereocenters. The number of aromatic nitrogens is 1. The van der Waals surface area contributed by atoms with E-state index in [2.05, 4.69) is 54.0 Å². The lowest BCUT2D eigenvalue weighted by molar-refractivity contribution is -0.134. The highest BCUT2D eigenvalue weighted by Crippen LogP contribution is 2.50. The maximum Gasteiger partial charge on any atom is 0.259 e. The van der Waals surface area contributed by atoms with Crippen LogP contribution in [0.5, 0.6) is 5.75 Å². The second kappa shape index (κ2) is 13.3. The largest absolute Gasteiger partial charge is 0.508 e. The summed E-state index contributed by atoms with van der Waals surface area (Å²) >= 11 is 0. The van der Waals surface area contributed by atoms with Crippen LogP contribution in [-0.2, 0) is 49.1 Å². The van der Waals surface area contributed by atoms with Crippen molar-refractivity contribution < 1.29 is 19.5 Å². The summed E-state index contributed by atoms with van der Waals surface area (Å²) in [6.07, 6.45) is 5.96. The average Bonchev–Trinajstić information content (AvgIpc) is 3.94. The highest BCUT2D eigenvalue weighted by Gasteiger charge is 2.53. The Kier molecular flexibility index (Phi) is 8.44. The van der Waals surface area contributed by atoms with E-state index in [0.717, 1.165) is 78.7 Å². The van der Waals surface area contributed by atoms with Crippen molar-refractivity contribution in [3.63, 3.8) is 0 Å². The minimum atomic E-state index is -0.449. The number of amides is 3. The fraction of sp³-hybridized carbons (Fsp3) is 0.326. The summed E-state index contributed by atoms with van der Waals surface area (Å²) in [7, 11) is 1.77. The second-order valence-electron chi connectivity index (χ2n) is 15.7. The highest BCUT2D eigenvalue weighted by molar-refractivity contribution is 6.08. The van der Waals surface area contributed by atoms with Gasteiger partial charge in [0.1, 0.15) is 5.75 Å². The van der Waals surface area contributed by atoms with E-state index in [9.17, 15) is 14.7 Å². The fourth-order valence-corrected chi connectivity index (χ4v) is 9.15. The molecule has 4 heterocycles. The number of rotatable bonds is 6. The van der Waals surface area contributed by atoms with Crippen LogP contribution in [0.15, 0.2) is 97.1 Å². The van der Waals surface area contributed by atoms with E-state index >= 15 is 4.79 Å². The third-order valence-electron chi connectivity index (χ3n) is 12.4. The van der Waals surface area contributed by atoms with Gasteiger partial charge in [0.15, 0.2) is 0 Å². The zero-order valence-electron chi connectivity index (χ0n) is 31.1. The SMILES string of the molecule is C[C@@H]1Cc2ccccc2CN1C(=O)c1cc2c(cc1-c1cc(C(=O)N(C)c3ccc(O)cc3)c3n1CCCC3)CCN(C(=O)C1(c3ccccc3)CC1)C2. The number of carbonyl (C=O) groups excluding carboxylic acids is 3.